The van der Waals surface area contributed by atoms with Crippen LogP contribution >= 0.6 is 23.2 Å². The molecule has 0 heterocycles. The third-order valence-corrected chi connectivity index (χ3v) is 3.05. The Bertz CT molecular complexity index is 413. The summed E-state index contributed by atoms with van der Waals surface area (Å²) in [7, 11) is 0. The molecule has 1 aromatic carbocycles. The van der Waals surface area contributed by atoms with Gasteiger partial charge in [0.1, 0.15) is 6.61 Å². The number of carbonyl (C=O) groups excluding carboxylic acids is 1. The van der Waals surface area contributed by atoms with Crippen LogP contribution in [0, 0.1) is 0 Å². The molecular formula is C12H16Cl2N2O2. The maximum absolute atomic E-state index is 10.4. The van der Waals surface area contributed by atoms with Crippen LogP contribution in [0.15, 0.2) is 18.2 Å². The summed E-state index contributed by atoms with van der Waals surface area (Å²) >= 11 is 12.0. The van der Waals surface area contributed by atoms with Crippen molar-refractivity contribution in [1.82, 2.24) is 5.32 Å². The number of carbonyl (C=O) groups is 1. The van der Waals surface area contributed by atoms with E-state index in [-0.39, 0.29) is 12.6 Å². The summed E-state index contributed by atoms with van der Waals surface area (Å²) < 4.78 is 4.64. The van der Waals surface area contributed by atoms with Gasteiger partial charge >= 0.3 is 6.09 Å². The Morgan fingerprint density at radius 2 is 2.22 bits per heavy atom. The highest BCUT2D eigenvalue weighted by atomic mass is 35.5. The summed E-state index contributed by atoms with van der Waals surface area (Å²) in [5.74, 6) is 0. The first-order valence-corrected chi connectivity index (χ1v) is 6.40. The second-order valence-electron chi connectivity index (χ2n) is 3.75. The third-order valence-electron chi connectivity index (χ3n) is 2.48. The van der Waals surface area contributed by atoms with Gasteiger partial charge in [0.05, 0.1) is 0 Å². The van der Waals surface area contributed by atoms with E-state index in [0.717, 1.165) is 12.0 Å². The van der Waals surface area contributed by atoms with Crippen molar-refractivity contribution in [2.75, 3.05) is 13.2 Å². The summed E-state index contributed by atoms with van der Waals surface area (Å²) in [4.78, 5) is 10.4. The van der Waals surface area contributed by atoms with Crippen molar-refractivity contribution in [1.29, 1.82) is 0 Å². The summed E-state index contributed by atoms with van der Waals surface area (Å²) in [5, 5.41) is 4.47. The Labute approximate surface area is 116 Å². The minimum atomic E-state index is -0.769. The average Bonchev–Trinajstić information content (AvgIpc) is 2.30. The fourth-order valence-electron chi connectivity index (χ4n) is 1.64. The smallest absolute Gasteiger partial charge is 0.404 e. The highest BCUT2D eigenvalue weighted by molar-refractivity contribution is 6.35. The van der Waals surface area contributed by atoms with E-state index >= 15 is 0 Å². The molecule has 0 bridgehead atoms. The molecule has 0 saturated heterocycles. The summed E-state index contributed by atoms with van der Waals surface area (Å²) in [6, 6.07) is 5.49. The molecule has 1 unspecified atom stereocenters. The van der Waals surface area contributed by atoms with Gasteiger partial charge in [-0.1, -0.05) is 36.2 Å². The molecule has 0 saturated carbocycles. The minimum absolute atomic E-state index is 0.0891. The highest BCUT2D eigenvalue weighted by Crippen LogP contribution is 2.27. The fourth-order valence-corrected chi connectivity index (χ4v) is 2.18. The quantitative estimate of drug-likeness (QED) is 0.791. The number of hydrogen-bond acceptors (Lipinski definition) is 3. The van der Waals surface area contributed by atoms with Crippen LogP contribution in [-0.4, -0.2) is 19.2 Å². The molecule has 1 atom stereocenters. The Hall–Kier alpha value is -0.970. The molecule has 0 aromatic heterocycles. The van der Waals surface area contributed by atoms with Crippen molar-refractivity contribution in [3.8, 4) is 0 Å². The normalized spacial score (nSPS) is 12.2. The first-order chi connectivity index (χ1) is 8.54. The van der Waals surface area contributed by atoms with E-state index in [4.69, 9.17) is 28.9 Å². The monoisotopic (exact) mass is 290 g/mol. The predicted octanol–water partition coefficient (Wildman–Crippen LogP) is 3.13. The van der Waals surface area contributed by atoms with Gasteiger partial charge in [0, 0.05) is 22.6 Å². The average molecular weight is 291 g/mol. The summed E-state index contributed by atoms with van der Waals surface area (Å²) in [6.45, 7) is 2.79. The number of amides is 1. The Morgan fingerprint density at radius 3 is 2.78 bits per heavy atom. The van der Waals surface area contributed by atoms with Gasteiger partial charge in [-0.3, -0.25) is 0 Å². The first-order valence-electron chi connectivity index (χ1n) is 5.65. The van der Waals surface area contributed by atoms with Crippen LogP contribution in [0.4, 0.5) is 4.79 Å². The van der Waals surface area contributed by atoms with E-state index in [1.807, 2.05) is 13.0 Å². The van der Waals surface area contributed by atoms with E-state index in [9.17, 15) is 4.79 Å². The SMILES string of the molecule is CCC(NCCOC(N)=O)c1ccc(Cl)cc1Cl. The lowest BCUT2D eigenvalue weighted by Crippen LogP contribution is -2.27. The van der Waals surface area contributed by atoms with Crippen LogP contribution < -0.4 is 11.1 Å². The number of rotatable bonds is 6. The van der Waals surface area contributed by atoms with Crippen LogP contribution in [0.3, 0.4) is 0 Å². The second kappa shape index (κ2) is 7.46. The van der Waals surface area contributed by atoms with Gasteiger partial charge in [-0.15, -0.1) is 0 Å². The van der Waals surface area contributed by atoms with E-state index in [2.05, 4.69) is 10.1 Å². The topological polar surface area (TPSA) is 64.3 Å². The molecule has 1 amide bonds. The zero-order valence-corrected chi connectivity index (χ0v) is 11.6. The van der Waals surface area contributed by atoms with Gasteiger partial charge in [-0.2, -0.15) is 0 Å². The van der Waals surface area contributed by atoms with Crippen molar-refractivity contribution in [3.63, 3.8) is 0 Å². The maximum atomic E-state index is 10.4. The van der Waals surface area contributed by atoms with Gasteiger partial charge in [-0.05, 0) is 24.1 Å². The number of primary amides is 1. The molecule has 3 N–H and O–H groups in total. The molecule has 0 aliphatic carbocycles. The lowest BCUT2D eigenvalue weighted by atomic mass is 10.0. The summed E-state index contributed by atoms with van der Waals surface area (Å²) in [6.07, 6.45) is 0.0900. The van der Waals surface area contributed by atoms with Crippen molar-refractivity contribution in [2.24, 2.45) is 5.73 Å². The molecule has 18 heavy (non-hydrogen) atoms. The number of nitrogens with one attached hydrogen (secondary N) is 1. The molecule has 0 spiro atoms. The number of nitrogens with two attached hydrogens (primary N) is 1. The molecule has 0 fully saturated rings. The molecule has 1 aromatic rings. The van der Waals surface area contributed by atoms with Crippen LogP contribution in [0.5, 0.6) is 0 Å². The van der Waals surface area contributed by atoms with Gasteiger partial charge < -0.3 is 15.8 Å². The molecule has 0 radical (unpaired) electrons. The van der Waals surface area contributed by atoms with Crippen LogP contribution in [-0.2, 0) is 4.74 Å². The number of benzene rings is 1. The largest absolute Gasteiger partial charge is 0.448 e. The van der Waals surface area contributed by atoms with Crippen molar-refractivity contribution in [2.45, 2.75) is 19.4 Å². The van der Waals surface area contributed by atoms with E-state index < -0.39 is 6.09 Å². The molecule has 6 heteroatoms. The van der Waals surface area contributed by atoms with Gasteiger partial charge in [0.15, 0.2) is 0 Å². The zero-order valence-electron chi connectivity index (χ0n) is 10.1. The van der Waals surface area contributed by atoms with Gasteiger partial charge in [0.2, 0.25) is 0 Å². The lowest BCUT2D eigenvalue weighted by molar-refractivity contribution is 0.156. The molecule has 0 aliphatic rings. The van der Waals surface area contributed by atoms with Crippen LogP contribution in [0.1, 0.15) is 24.9 Å². The maximum Gasteiger partial charge on any atom is 0.404 e. The van der Waals surface area contributed by atoms with Crippen molar-refractivity contribution in [3.05, 3.63) is 33.8 Å². The second-order valence-corrected chi connectivity index (χ2v) is 4.59. The molecule has 1 rings (SSSR count). The fraction of sp³-hybridized carbons (Fsp3) is 0.417. The number of hydrogen-bond donors (Lipinski definition) is 2. The zero-order chi connectivity index (χ0) is 13.5. The van der Waals surface area contributed by atoms with Gasteiger partial charge in [0.25, 0.3) is 0 Å². The third kappa shape index (κ3) is 4.72. The van der Waals surface area contributed by atoms with Crippen molar-refractivity contribution < 1.29 is 9.53 Å². The van der Waals surface area contributed by atoms with Crippen LogP contribution in [0.2, 0.25) is 10.0 Å². The number of ether oxygens (including phenoxy) is 1. The Kier molecular flexibility index (Phi) is 6.25. The van der Waals surface area contributed by atoms with E-state index in [1.165, 1.54) is 0 Å². The minimum Gasteiger partial charge on any atom is -0.448 e. The molecular weight excluding hydrogens is 275 g/mol. The summed E-state index contributed by atoms with van der Waals surface area (Å²) in [5.41, 5.74) is 5.84. The Morgan fingerprint density at radius 1 is 1.50 bits per heavy atom. The Balaban J connectivity index is 2.57. The van der Waals surface area contributed by atoms with Crippen molar-refractivity contribution >= 4 is 29.3 Å². The van der Waals surface area contributed by atoms with Gasteiger partial charge in [-0.25, -0.2) is 4.79 Å². The van der Waals surface area contributed by atoms with E-state index in [1.54, 1.807) is 12.1 Å². The highest BCUT2D eigenvalue weighted by Gasteiger charge is 2.12. The lowest BCUT2D eigenvalue weighted by Gasteiger charge is -2.18. The number of halogens is 2. The predicted molar refractivity (Wildman–Crippen MR) is 73.0 cm³/mol. The molecule has 0 aliphatic heterocycles. The molecule has 100 valence electrons. The van der Waals surface area contributed by atoms with Crippen LogP contribution in [0.25, 0.3) is 0 Å². The first kappa shape index (κ1) is 15.1. The standard InChI is InChI=1S/C12H16Cl2N2O2/c1-2-11(16-5-6-18-12(15)17)9-4-3-8(13)7-10(9)14/h3-4,7,11,16H,2,5-6H2,1H3,(H2,15,17). The van der Waals surface area contributed by atoms with E-state index in [0.29, 0.717) is 16.6 Å². The molecule has 4 nitrogen and oxygen atoms in total.